The highest BCUT2D eigenvalue weighted by atomic mass is 32.1. The number of methoxy groups -OCH3 is 3. The largest absolute Gasteiger partial charge is 0.497 e. The van der Waals surface area contributed by atoms with Crippen molar-refractivity contribution in [2.24, 2.45) is 5.10 Å². The Morgan fingerprint density at radius 1 is 1.04 bits per heavy atom. The summed E-state index contributed by atoms with van der Waals surface area (Å²) in [5.41, 5.74) is 5.62. The van der Waals surface area contributed by atoms with E-state index in [1.54, 1.807) is 27.5 Å². The molecule has 0 aliphatic rings. The number of hydrogen-bond donors (Lipinski definition) is 1. The van der Waals surface area contributed by atoms with Crippen LogP contribution in [-0.4, -0.2) is 32.5 Å². The molecule has 0 aliphatic carbocycles. The number of rotatable bonds is 7. The predicted molar refractivity (Wildman–Crippen MR) is 105 cm³/mol. The fourth-order valence-corrected chi connectivity index (χ4v) is 3.08. The van der Waals surface area contributed by atoms with E-state index in [4.69, 9.17) is 14.2 Å². The second-order valence-corrected chi connectivity index (χ2v) is 6.08. The number of anilines is 1. The quantitative estimate of drug-likeness (QED) is 0.497. The van der Waals surface area contributed by atoms with Gasteiger partial charge in [-0.25, -0.2) is 4.98 Å². The van der Waals surface area contributed by atoms with Crippen molar-refractivity contribution < 1.29 is 14.2 Å². The smallest absolute Gasteiger partial charge is 0.203 e. The van der Waals surface area contributed by atoms with Crippen LogP contribution in [0.3, 0.4) is 0 Å². The molecule has 1 N–H and O–H groups in total. The number of thiazole rings is 1. The highest BCUT2D eigenvalue weighted by Crippen LogP contribution is 2.30. The average Bonchev–Trinajstić information content (AvgIpc) is 3.16. The molecule has 2 aromatic carbocycles. The van der Waals surface area contributed by atoms with E-state index >= 15 is 0 Å². The normalized spacial score (nSPS) is 10.7. The van der Waals surface area contributed by atoms with Gasteiger partial charge in [0.2, 0.25) is 5.13 Å². The molecule has 0 radical (unpaired) electrons. The van der Waals surface area contributed by atoms with Crippen LogP contribution in [0.25, 0.3) is 11.3 Å². The van der Waals surface area contributed by atoms with E-state index < -0.39 is 0 Å². The maximum absolute atomic E-state index is 5.38. The third-order valence-electron chi connectivity index (χ3n) is 3.67. The zero-order valence-electron chi connectivity index (χ0n) is 14.7. The molecule has 6 nitrogen and oxygen atoms in total. The molecule has 3 rings (SSSR count). The molecular formula is C19H19N3O3S. The van der Waals surface area contributed by atoms with Crippen LogP contribution in [0.4, 0.5) is 5.13 Å². The fourth-order valence-electron chi connectivity index (χ4n) is 2.41. The Bertz CT molecular complexity index is 909. The van der Waals surface area contributed by atoms with Gasteiger partial charge in [0.1, 0.15) is 5.75 Å². The number of aromatic nitrogens is 1. The molecule has 26 heavy (non-hydrogen) atoms. The Kier molecular flexibility index (Phi) is 5.70. The summed E-state index contributed by atoms with van der Waals surface area (Å²) in [6, 6.07) is 13.4. The Hall–Kier alpha value is -3.06. The zero-order chi connectivity index (χ0) is 18.4. The van der Waals surface area contributed by atoms with Crippen LogP contribution in [0.5, 0.6) is 17.2 Å². The topological polar surface area (TPSA) is 65.0 Å². The third kappa shape index (κ3) is 3.94. The van der Waals surface area contributed by atoms with Crippen molar-refractivity contribution in [1.29, 1.82) is 0 Å². The molecule has 0 atom stereocenters. The van der Waals surface area contributed by atoms with Crippen molar-refractivity contribution in [3.63, 3.8) is 0 Å². The van der Waals surface area contributed by atoms with Crippen LogP contribution in [0, 0.1) is 0 Å². The predicted octanol–water partition coefficient (Wildman–Crippen LogP) is 4.28. The molecule has 134 valence electrons. The van der Waals surface area contributed by atoms with E-state index in [1.807, 2.05) is 47.8 Å². The maximum Gasteiger partial charge on any atom is 0.203 e. The average molecular weight is 369 g/mol. The molecule has 0 bridgehead atoms. The number of benzene rings is 2. The van der Waals surface area contributed by atoms with Crippen molar-refractivity contribution in [2.75, 3.05) is 26.8 Å². The van der Waals surface area contributed by atoms with Gasteiger partial charge in [-0.2, -0.15) is 5.10 Å². The number of nitrogens with one attached hydrogen (secondary N) is 1. The molecule has 3 aromatic rings. The van der Waals surface area contributed by atoms with E-state index in [9.17, 15) is 0 Å². The molecule has 1 aromatic heterocycles. The van der Waals surface area contributed by atoms with Gasteiger partial charge in [-0.05, 0) is 24.3 Å². The lowest BCUT2D eigenvalue weighted by Crippen LogP contribution is -1.96. The van der Waals surface area contributed by atoms with Crippen LogP contribution in [-0.2, 0) is 0 Å². The summed E-state index contributed by atoms with van der Waals surface area (Å²) < 4.78 is 15.9. The Labute approximate surface area is 156 Å². The van der Waals surface area contributed by atoms with Gasteiger partial charge in [0.05, 0.1) is 33.2 Å². The number of ether oxygens (including phenoxy) is 3. The first-order valence-electron chi connectivity index (χ1n) is 7.85. The number of para-hydroxylation sites is 1. The highest BCUT2D eigenvalue weighted by Gasteiger charge is 2.08. The van der Waals surface area contributed by atoms with E-state index in [-0.39, 0.29) is 0 Å². The fraction of sp³-hybridized carbons (Fsp3) is 0.158. The van der Waals surface area contributed by atoms with Gasteiger partial charge in [0.25, 0.3) is 0 Å². The van der Waals surface area contributed by atoms with Crippen molar-refractivity contribution in [3.05, 3.63) is 53.4 Å². The molecule has 0 saturated carbocycles. The second kappa shape index (κ2) is 8.35. The summed E-state index contributed by atoms with van der Waals surface area (Å²) in [5.74, 6) is 2.09. The minimum Gasteiger partial charge on any atom is -0.497 e. The van der Waals surface area contributed by atoms with Crippen LogP contribution in [0.1, 0.15) is 5.56 Å². The summed E-state index contributed by atoms with van der Waals surface area (Å²) in [4.78, 5) is 4.55. The third-order valence-corrected chi connectivity index (χ3v) is 4.41. The standard InChI is InChI=1S/C19H19N3O3S/c1-23-15-8-4-6-13(10-15)16-12-26-19(21-16)22-20-11-14-7-5-9-17(24-2)18(14)25-3/h4-12H,1-3H3,(H,21,22)/b20-11-. The molecule has 0 spiro atoms. The van der Waals surface area contributed by atoms with Crippen LogP contribution >= 0.6 is 11.3 Å². The second-order valence-electron chi connectivity index (χ2n) is 5.22. The van der Waals surface area contributed by atoms with Crippen molar-refractivity contribution in [2.45, 2.75) is 0 Å². The maximum atomic E-state index is 5.38. The number of hydrogen-bond acceptors (Lipinski definition) is 7. The molecular weight excluding hydrogens is 350 g/mol. The van der Waals surface area contributed by atoms with Gasteiger partial charge >= 0.3 is 0 Å². The van der Waals surface area contributed by atoms with E-state index in [0.29, 0.717) is 16.6 Å². The number of hydrazone groups is 1. The highest BCUT2D eigenvalue weighted by molar-refractivity contribution is 7.14. The monoisotopic (exact) mass is 369 g/mol. The van der Waals surface area contributed by atoms with Gasteiger partial charge in [-0.3, -0.25) is 5.43 Å². The molecule has 0 fully saturated rings. The molecule has 0 amide bonds. The minimum absolute atomic E-state index is 0.636. The SMILES string of the molecule is COc1cccc(-c2csc(N/N=C\c3cccc(OC)c3OC)n2)c1. The lowest BCUT2D eigenvalue weighted by atomic mass is 10.2. The van der Waals surface area contributed by atoms with Crippen LogP contribution in [0.15, 0.2) is 52.9 Å². The van der Waals surface area contributed by atoms with E-state index in [0.717, 1.165) is 22.6 Å². The van der Waals surface area contributed by atoms with E-state index in [1.165, 1.54) is 11.3 Å². The lowest BCUT2D eigenvalue weighted by Gasteiger charge is -2.09. The van der Waals surface area contributed by atoms with Crippen LogP contribution < -0.4 is 19.6 Å². The van der Waals surface area contributed by atoms with Gasteiger partial charge in [-0.15, -0.1) is 11.3 Å². The van der Waals surface area contributed by atoms with Gasteiger partial charge < -0.3 is 14.2 Å². The lowest BCUT2D eigenvalue weighted by molar-refractivity contribution is 0.354. The van der Waals surface area contributed by atoms with Gasteiger partial charge in [-0.1, -0.05) is 18.2 Å². The Balaban J connectivity index is 1.73. The summed E-state index contributed by atoms with van der Waals surface area (Å²) in [7, 11) is 4.85. The first-order valence-corrected chi connectivity index (χ1v) is 8.73. The van der Waals surface area contributed by atoms with Gasteiger partial charge in [0.15, 0.2) is 11.5 Å². The van der Waals surface area contributed by atoms with Gasteiger partial charge in [0, 0.05) is 16.5 Å². The first-order chi connectivity index (χ1) is 12.7. The summed E-state index contributed by atoms with van der Waals surface area (Å²) >= 11 is 1.48. The van der Waals surface area contributed by atoms with Crippen molar-refractivity contribution >= 4 is 22.7 Å². The Morgan fingerprint density at radius 2 is 1.88 bits per heavy atom. The van der Waals surface area contributed by atoms with E-state index in [2.05, 4.69) is 15.5 Å². The van der Waals surface area contributed by atoms with Crippen molar-refractivity contribution in [1.82, 2.24) is 4.98 Å². The Morgan fingerprint density at radius 3 is 2.65 bits per heavy atom. The molecule has 1 heterocycles. The molecule has 0 aliphatic heterocycles. The van der Waals surface area contributed by atoms with Crippen molar-refractivity contribution in [3.8, 4) is 28.5 Å². The molecule has 0 saturated heterocycles. The molecule has 7 heteroatoms. The summed E-state index contributed by atoms with van der Waals surface area (Å²) in [6.45, 7) is 0. The van der Waals surface area contributed by atoms with Crippen LogP contribution in [0.2, 0.25) is 0 Å². The zero-order valence-corrected chi connectivity index (χ0v) is 15.5. The number of nitrogens with zero attached hydrogens (tertiary/aromatic N) is 2. The first kappa shape index (κ1) is 17.8. The summed E-state index contributed by atoms with van der Waals surface area (Å²) in [5, 5.41) is 6.92. The minimum atomic E-state index is 0.636. The molecule has 0 unspecified atom stereocenters. The summed E-state index contributed by atoms with van der Waals surface area (Å²) in [6.07, 6.45) is 1.67.